The number of hydrogen-bond donors (Lipinski definition) is 1. The maximum atomic E-state index is 13.1. The van der Waals surface area contributed by atoms with E-state index in [0.717, 1.165) is 23.7 Å². The Hall–Kier alpha value is -1.38. The fourth-order valence-corrected chi connectivity index (χ4v) is 4.97. The van der Waals surface area contributed by atoms with Gasteiger partial charge < -0.3 is 10.1 Å². The first-order valence-electron chi connectivity index (χ1n) is 10.8. The van der Waals surface area contributed by atoms with Gasteiger partial charge in [-0.1, -0.05) is 53.4 Å². The van der Waals surface area contributed by atoms with Crippen molar-refractivity contribution in [2.24, 2.45) is 0 Å². The van der Waals surface area contributed by atoms with Crippen molar-refractivity contribution in [1.29, 1.82) is 0 Å². The van der Waals surface area contributed by atoms with E-state index in [9.17, 15) is 9.59 Å². The lowest BCUT2D eigenvalue weighted by Gasteiger charge is -2.17. The fraction of sp³-hybridized carbons (Fsp3) is 0.591. The standard InChI is InChI=1S/C22H30BrN3O3S/c1-2-29-13-7-12-26-21(28)18-14-16(23)10-11-19(18)25-22(26)30-15-20(27)24-17-8-5-3-4-6-9-17/h10-11,14,17H,2-9,12-13,15H2,1H3,(H,24,27). The Morgan fingerprint density at radius 1 is 1.30 bits per heavy atom. The molecular weight excluding hydrogens is 466 g/mol. The minimum absolute atomic E-state index is 0.0120. The number of carbonyl (C=O) groups is 1. The zero-order chi connectivity index (χ0) is 21.3. The minimum Gasteiger partial charge on any atom is -0.382 e. The number of nitrogens with zero attached hydrogens (tertiary/aromatic N) is 2. The Bertz CT molecular complexity index is 910. The topological polar surface area (TPSA) is 73.2 Å². The molecule has 164 valence electrons. The van der Waals surface area contributed by atoms with Gasteiger partial charge in [-0.05, 0) is 44.4 Å². The zero-order valence-corrected chi connectivity index (χ0v) is 19.9. The molecule has 1 amide bonds. The summed E-state index contributed by atoms with van der Waals surface area (Å²) in [6, 6.07) is 5.79. The van der Waals surface area contributed by atoms with Gasteiger partial charge in [-0.2, -0.15) is 0 Å². The largest absolute Gasteiger partial charge is 0.382 e. The summed E-state index contributed by atoms with van der Waals surface area (Å²) in [4.78, 5) is 30.3. The van der Waals surface area contributed by atoms with Crippen molar-refractivity contribution in [2.75, 3.05) is 19.0 Å². The van der Waals surface area contributed by atoms with Gasteiger partial charge in [-0.15, -0.1) is 0 Å². The molecule has 8 heteroatoms. The number of benzene rings is 1. The molecule has 0 atom stereocenters. The van der Waals surface area contributed by atoms with Crippen LogP contribution in [-0.2, 0) is 16.1 Å². The lowest BCUT2D eigenvalue weighted by Crippen LogP contribution is -2.35. The van der Waals surface area contributed by atoms with Crippen molar-refractivity contribution in [3.05, 3.63) is 33.0 Å². The van der Waals surface area contributed by atoms with Crippen LogP contribution < -0.4 is 10.9 Å². The second kappa shape index (κ2) is 11.9. The molecule has 1 saturated carbocycles. The summed E-state index contributed by atoms with van der Waals surface area (Å²) in [7, 11) is 0. The molecule has 1 N–H and O–H groups in total. The number of carbonyl (C=O) groups excluding carboxylic acids is 1. The van der Waals surface area contributed by atoms with E-state index < -0.39 is 0 Å². The van der Waals surface area contributed by atoms with Crippen LogP contribution in [0.4, 0.5) is 0 Å². The van der Waals surface area contributed by atoms with Gasteiger partial charge >= 0.3 is 0 Å². The van der Waals surface area contributed by atoms with Gasteiger partial charge in [0.05, 0.1) is 16.7 Å². The maximum absolute atomic E-state index is 13.1. The molecular formula is C22H30BrN3O3S. The minimum atomic E-state index is -0.0792. The normalized spacial score (nSPS) is 15.3. The quantitative estimate of drug-likeness (QED) is 0.239. The number of fused-ring (bicyclic) bond motifs is 1. The number of nitrogens with one attached hydrogen (secondary N) is 1. The van der Waals surface area contributed by atoms with Crippen LogP contribution in [0.3, 0.4) is 0 Å². The van der Waals surface area contributed by atoms with Crippen LogP contribution >= 0.6 is 27.7 Å². The molecule has 0 spiro atoms. The van der Waals surface area contributed by atoms with E-state index in [-0.39, 0.29) is 23.3 Å². The van der Waals surface area contributed by atoms with Crippen LogP contribution in [0.1, 0.15) is 51.9 Å². The maximum Gasteiger partial charge on any atom is 0.262 e. The number of ether oxygens (including phenoxy) is 1. The van der Waals surface area contributed by atoms with Crippen LogP contribution in [0.25, 0.3) is 10.9 Å². The smallest absolute Gasteiger partial charge is 0.262 e. The van der Waals surface area contributed by atoms with Crippen LogP contribution in [0.2, 0.25) is 0 Å². The SMILES string of the molecule is CCOCCCn1c(SCC(=O)NC2CCCCCC2)nc2ccc(Br)cc2c1=O. The Labute approximate surface area is 190 Å². The third-order valence-electron chi connectivity index (χ3n) is 5.31. The van der Waals surface area contributed by atoms with Crippen molar-refractivity contribution >= 4 is 44.5 Å². The molecule has 30 heavy (non-hydrogen) atoms. The van der Waals surface area contributed by atoms with Crippen molar-refractivity contribution < 1.29 is 9.53 Å². The zero-order valence-electron chi connectivity index (χ0n) is 17.5. The number of amides is 1. The van der Waals surface area contributed by atoms with Gasteiger partial charge in [0.2, 0.25) is 5.91 Å². The van der Waals surface area contributed by atoms with E-state index in [1.54, 1.807) is 10.6 Å². The summed E-state index contributed by atoms with van der Waals surface area (Å²) in [5, 5.41) is 4.33. The molecule has 3 rings (SSSR count). The van der Waals surface area contributed by atoms with Crippen molar-refractivity contribution in [1.82, 2.24) is 14.9 Å². The molecule has 1 aromatic heterocycles. The van der Waals surface area contributed by atoms with E-state index in [1.807, 2.05) is 19.1 Å². The van der Waals surface area contributed by atoms with Crippen molar-refractivity contribution in [2.45, 2.75) is 69.6 Å². The van der Waals surface area contributed by atoms with Gasteiger partial charge in [0, 0.05) is 30.3 Å². The van der Waals surface area contributed by atoms with Gasteiger partial charge in [-0.25, -0.2) is 4.98 Å². The number of halogens is 1. The monoisotopic (exact) mass is 495 g/mol. The predicted octanol–water partition coefficient (Wildman–Crippen LogP) is 4.52. The molecule has 0 bridgehead atoms. The van der Waals surface area contributed by atoms with Gasteiger partial charge in [0.25, 0.3) is 5.56 Å². The van der Waals surface area contributed by atoms with E-state index in [4.69, 9.17) is 9.72 Å². The third kappa shape index (κ3) is 6.56. The number of hydrogen-bond acceptors (Lipinski definition) is 5. The highest BCUT2D eigenvalue weighted by atomic mass is 79.9. The molecule has 1 fully saturated rings. The molecule has 1 aliphatic carbocycles. The van der Waals surface area contributed by atoms with E-state index >= 15 is 0 Å². The fourth-order valence-electron chi connectivity index (χ4n) is 3.77. The first-order chi connectivity index (χ1) is 14.6. The number of aromatic nitrogens is 2. The van der Waals surface area contributed by atoms with Crippen LogP contribution in [0.15, 0.2) is 32.6 Å². The summed E-state index contributed by atoms with van der Waals surface area (Å²) >= 11 is 4.76. The molecule has 1 aromatic carbocycles. The molecule has 0 unspecified atom stereocenters. The van der Waals surface area contributed by atoms with Gasteiger partial charge in [-0.3, -0.25) is 14.2 Å². The summed E-state index contributed by atoms with van der Waals surface area (Å²) in [5.74, 6) is 0.272. The van der Waals surface area contributed by atoms with Gasteiger partial charge in [0.15, 0.2) is 5.16 Å². The number of rotatable bonds is 9. The first-order valence-corrected chi connectivity index (χ1v) is 12.6. The second-order valence-corrected chi connectivity index (χ2v) is 9.47. The van der Waals surface area contributed by atoms with Crippen LogP contribution in [-0.4, -0.2) is 40.5 Å². The van der Waals surface area contributed by atoms with Crippen molar-refractivity contribution in [3.8, 4) is 0 Å². The molecule has 2 aromatic rings. The second-order valence-electron chi connectivity index (χ2n) is 7.61. The molecule has 0 radical (unpaired) electrons. The Morgan fingerprint density at radius 2 is 2.07 bits per heavy atom. The molecule has 0 saturated heterocycles. The van der Waals surface area contributed by atoms with Crippen LogP contribution in [0, 0.1) is 0 Å². The highest BCUT2D eigenvalue weighted by molar-refractivity contribution is 9.10. The Morgan fingerprint density at radius 3 is 2.80 bits per heavy atom. The van der Waals surface area contributed by atoms with Crippen molar-refractivity contribution in [3.63, 3.8) is 0 Å². The lowest BCUT2D eigenvalue weighted by atomic mass is 10.1. The summed E-state index contributed by atoms with van der Waals surface area (Å²) in [5.41, 5.74) is 0.570. The van der Waals surface area contributed by atoms with Gasteiger partial charge in [0.1, 0.15) is 0 Å². The van der Waals surface area contributed by atoms with E-state index in [2.05, 4.69) is 21.2 Å². The molecule has 0 aliphatic heterocycles. The highest BCUT2D eigenvalue weighted by Crippen LogP contribution is 2.22. The summed E-state index contributed by atoms with van der Waals surface area (Å²) in [6.07, 6.45) is 7.71. The van der Waals surface area contributed by atoms with E-state index in [0.29, 0.717) is 35.8 Å². The molecule has 1 heterocycles. The average Bonchev–Trinajstić information content (AvgIpc) is 3.00. The average molecular weight is 496 g/mol. The summed E-state index contributed by atoms with van der Waals surface area (Å²) < 4.78 is 7.94. The highest BCUT2D eigenvalue weighted by Gasteiger charge is 2.17. The summed E-state index contributed by atoms with van der Waals surface area (Å²) in [6.45, 7) is 3.71. The third-order valence-corrected chi connectivity index (χ3v) is 6.78. The predicted molar refractivity (Wildman–Crippen MR) is 125 cm³/mol. The lowest BCUT2D eigenvalue weighted by molar-refractivity contribution is -0.119. The van der Waals surface area contributed by atoms with Crippen LogP contribution in [0.5, 0.6) is 0 Å². The molecule has 1 aliphatic rings. The Kier molecular flexibility index (Phi) is 9.21. The first kappa shape index (κ1) is 23.3. The van der Waals surface area contributed by atoms with E-state index in [1.165, 1.54) is 37.4 Å². The number of thioether (sulfide) groups is 1. The molecule has 6 nitrogen and oxygen atoms in total. The Balaban J connectivity index is 1.74.